The lowest BCUT2D eigenvalue weighted by Crippen LogP contribution is -2.30. The largest absolute Gasteiger partial charge is 0.351 e. The maximum absolute atomic E-state index is 12.1. The molecule has 0 saturated heterocycles. The van der Waals surface area contributed by atoms with Crippen LogP contribution in [0.15, 0.2) is 30.6 Å². The van der Waals surface area contributed by atoms with Gasteiger partial charge in [0.05, 0.1) is 17.5 Å². The molecule has 8 heteroatoms. The number of carbonyl (C=O) groups excluding carboxylic acids is 1. The topological polar surface area (TPSA) is 71.8 Å². The summed E-state index contributed by atoms with van der Waals surface area (Å²) in [5, 5.41) is 10.1. The highest BCUT2D eigenvalue weighted by molar-refractivity contribution is 5.95. The quantitative estimate of drug-likeness (QED) is 0.780. The molecule has 2 heterocycles. The van der Waals surface area contributed by atoms with Gasteiger partial charge in [0.15, 0.2) is 5.82 Å². The van der Waals surface area contributed by atoms with Crippen LogP contribution in [-0.4, -0.2) is 40.8 Å². The highest BCUT2D eigenvalue weighted by Crippen LogP contribution is 2.13. The first-order valence-electron chi connectivity index (χ1n) is 6.69. The Labute approximate surface area is 142 Å². The predicted molar refractivity (Wildman–Crippen MR) is 91.5 cm³/mol. The van der Waals surface area contributed by atoms with Gasteiger partial charge in [-0.05, 0) is 25.6 Å². The average Bonchev–Trinajstić information content (AvgIpc) is 2.92. The van der Waals surface area contributed by atoms with E-state index >= 15 is 0 Å². The van der Waals surface area contributed by atoms with E-state index in [1.54, 1.807) is 17.1 Å². The second-order valence-corrected chi connectivity index (χ2v) is 4.32. The van der Waals surface area contributed by atoms with E-state index in [9.17, 15) is 4.79 Å². The molecule has 122 valence electrons. The lowest BCUT2D eigenvalue weighted by Gasteiger charge is -2.07. The van der Waals surface area contributed by atoms with Crippen LogP contribution in [0.5, 0.6) is 0 Å². The average molecular weight is 346 g/mol. The molecule has 6 nitrogen and oxygen atoms in total. The minimum atomic E-state index is -0.0979. The van der Waals surface area contributed by atoms with Crippen LogP contribution in [0, 0.1) is 0 Å². The van der Waals surface area contributed by atoms with Crippen molar-refractivity contribution in [2.75, 3.05) is 20.1 Å². The van der Waals surface area contributed by atoms with Gasteiger partial charge in [0.25, 0.3) is 5.91 Å². The summed E-state index contributed by atoms with van der Waals surface area (Å²) in [6, 6.07) is 5.62. The fourth-order valence-electron chi connectivity index (χ4n) is 1.98. The molecular weight excluding hydrogens is 325 g/mol. The monoisotopic (exact) mass is 345 g/mol. The number of aromatic nitrogens is 3. The second kappa shape index (κ2) is 10.2. The van der Waals surface area contributed by atoms with E-state index in [-0.39, 0.29) is 30.7 Å². The van der Waals surface area contributed by atoms with Crippen LogP contribution in [0.1, 0.15) is 23.0 Å². The second-order valence-electron chi connectivity index (χ2n) is 4.32. The van der Waals surface area contributed by atoms with Gasteiger partial charge in [-0.3, -0.25) is 4.79 Å². The van der Waals surface area contributed by atoms with Crippen molar-refractivity contribution in [2.24, 2.45) is 0 Å². The number of nitrogens with zero attached hydrogens (tertiary/aromatic N) is 3. The zero-order chi connectivity index (χ0) is 14.4. The summed E-state index contributed by atoms with van der Waals surface area (Å²) in [5.74, 6) is 0.623. The Bertz CT molecular complexity index is 574. The van der Waals surface area contributed by atoms with Gasteiger partial charge in [-0.1, -0.05) is 13.0 Å². The van der Waals surface area contributed by atoms with Crippen LogP contribution in [0.4, 0.5) is 0 Å². The molecule has 0 spiro atoms. The van der Waals surface area contributed by atoms with E-state index in [4.69, 9.17) is 0 Å². The van der Waals surface area contributed by atoms with Gasteiger partial charge in [-0.15, -0.1) is 24.8 Å². The third-order valence-electron chi connectivity index (χ3n) is 2.98. The number of pyridine rings is 1. The molecule has 0 saturated carbocycles. The summed E-state index contributed by atoms with van der Waals surface area (Å²) < 4.78 is 1.72. The number of hydrogen-bond donors (Lipinski definition) is 2. The van der Waals surface area contributed by atoms with Crippen molar-refractivity contribution in [1.82, 2.24) is 25.4 Å². The maximum Gasteiger partial charge on any atom is 0.254 e. The van der Waals surface area contributed by atoms with Gasteiger partial charge in [-0.25, -0.2) is 9.67 Å². The number of carbonyl (C=O) groups is 1. The summed E-state index contributed by atoms with van der Waals surface area (Å²) >= 11 is 0. The number of likely N-dealkylation sites (N-methyl/N-ethyl adjacent to an activating group) is 1. The molecule has 0 unspecified atom stereocenters. The third kappa shape index (κ3) is 4.69. The Hall–Kier alpha value is -1.63. The Morgan fingerprint density at radius 1 is 1.27 bits per heavy atom. The Balaban J connectivity index is 0.00000220. The molecule has 1 amide bonds. The predicted octanol–water partition coefficient (Wildman–Crippen LogP) is 1.62. The van der Waals surface area contributed by atoms with E-state index in [1.165, 1.54) is 0 Å². The summed E-state index contributed by atoms with van der Waals surface area (Å²) in [6.45, 7) is 3.33. The van der Waals surface area contributed by atoms with E-state index in [2.05, 4.69) is 20.7 Å². The van der Waals surface area contributed by atoms with Crippen molar-refractivity contribution in [3.8, 4) is 5.82 Å². The number of hydrogen-bond acceptors (Lipinski definition) is 4. The van der Waals surface area contributed by atoms with Gasteiger partial charge in [0.1, 0.15) is 0 Å². The molecule has 2 N–H and O–H groups in total. The molecule has 0 aliphatic rings. The van der Waals surface area contributed by atoms with Gasteiger partial charge in [-0.2, -0.15) is 5.10 Å². The molecule has 0 bridgehead atoms. The van der Waals surface area contributed by atoms with Gasteiger partial charge >= 0.3 is 0 Å². The van der Waals surface area contributed by atoms with E-state index in [0.717, 1.165) is 18.1 Å². The van der Waals surface area contributed by atoms with Gasteiger partial charge in [0.2, 0.25) is 0 Å². The standard InChI is InChI=1S/C14H19N5O.2ClH/c1-3-12-11(14(20)17-9-8-15-2)10-18-19(12)13-6-4-5-7-16-13;;/h4-7,10,15H,3,8-9H2,1-2H3,(H,17,20);2*1H. The highest BCUT2D eigenvalue weighted by Gasteiger charge is 2.16. The summed E-state index contributed by atoms with van der Waals surface area (Å²) in [7, 11) is 1.85. The molecule has 2 aromatic rings. The molecular formula is C14H21Cl2N5O. The van der Waals surface area contributed by atoms with Crippen molar-refractivity contribution >= 4 is 30.7 Å². The maximum atomic E-state index is 12.1. The fraction of sp³-hybridized carbons (Fsp3) is 0.357. The molecule has 2 rings (SSSR count). The van der Waals surface area contributed by atoms with Crippen LogP contribution in [-0.2, 0) is 6.42 Å². The van der Waals surface area contributed by atoms with E-state index in [1.807, 2.05) is 32.2 Å². The zero-order valence-corrected chi connectivity index (χ0v) is 14.2. The SMILES string of the molecule is CCc1c(C(=O)NCCNC)cnn1-c1ccccn1.Cl.Cl. The Morgan fingerprint density at radius 3 is 2.64 bits per heavy atom. The van der Waals surface area contributed by atoms with Crippen molar-refractivity contribution in [2.45, 2.75) is 13.3 Å². The van der Waals surface area contributed by atoms with Crippen molar-refractivity contribution in [1.29, 1.82) is 0 Å². The molecule has 0 radical (unpaired) electrons. The summed E-state index contributed by atoms with van der Waals surface area (Å²) in [5.41, 5.74) is 1.47. The van der Waals surface area contributed by atoms with Crippen LogP contribution < -0.4 is 10.6 Å². The number of rotatable bonds is 6. The van der Waals surface area contributed by atoms with Crippen molar-refractivity contribution in [3.05, 3.63) is 41.9 Å². The van der Waals surface area contributed by atoms with Crippen LogP contribution in [0.3, 0.4) is 0 Å². The highest BCUT2D eigenvalue weighted by atomic mass is 35.5. The normalized spacial score (nSPS) is 9.55. The number of nitrogens with one attached hydrogen (secondary N) is 2. The lowest BCUT2D eigenvalue weighted by atomic mass is 10.2. The number of amides is 1. The molecule has 0 atom stereocenters. The minimum absolute atomic E-state index is 0. The Kier molecular flexibility index (Phi) is 9.40. The van der Waals surface area contributed by atoms with Crippen molar-refractivity contribution in [3.63, 3.8) is 0 Å². The van der Waals surface area contributed by atoms with Crippen molar-refractivity contribution < 1.29 is 4.79 Å². The summed E-state index contributed by atoms with van der Waals surface area (Å²) in [6.07, 6.45) is 4.02. The molecule has 0 aliphatic heterocycles. The third-order valence-corrected chi connectivity index (χ3v) is 2.98. The van der Waals surface area contributed by atoms with Gasteiger partial charge < -0.3 is 10.6 Å². The van der Waals surface area contributed by atoms with Crippen LogP contribution in [0.2, 0.25) is 0 Å². The van der Waals surface area contributed by atoms with E-state index < -0.39 is 0 Å². The first-order chi connectivity index (χ1) is 9.77. The smallest absolute Gasteiger partial charge is 0.254 e. The van der Waals surface area contributed by atoms with Crippen LogP contribution in [0.25, 0.3) is 5.82 Å². The molecule has 0 fully saturated rings. The lowest BCUT2D eigenvalue weighted by molar-refractivity contribution is 0.0953. The fourth-order valence-corrected chi connectivity index (χ4v) is 1.98. The minimum Gasteiger partial charge on any atom is -0.351 e. The molecule has 22 heavy (non-hydrogen) atoms. The first-order valence-corrected chi connectivity index (χ1v) is 6.69. The summed E-state index contributed by atoms with van der Waals surface area (Å²) in [4.78, 5) is 16.4. The zero-order valence-electron chi connectivity index (χ0n) is 12.6. The number of halogens is 2. The molecule has 2 aromatic heterocycles. The Morgan fingerprint density at radius 2 is 2.05 bits per heavy atom. The molecule has 0 aromatic carbocycles. The van der Waals surface area contributed by atoms with Gasteiger partial charge in [0, 0.05) is 19.3 Å². The molecule has 0 aliphatic carbocycles. The van der Waals surface area contributed by atoms with Crippen LogP contribution >= 0.6 is 24.8 Å². The van der Waals surface area contributed by atoms with E-state index in [0.29, 0.717) is 18.5 Å². The first kappa shape index (κ1) is 20.4.